The molecular formula is C45H38N2O5S. The van der Waals surface area contributed by atoms with Gasteiger partial charge >= 0.3 is 12.1 Å². The van der Waals surface area contributed by atoms with Crippen LogP contribution in [0.15, 0.2) is 164 Å². The van der Waals surface area contributed by atoms with Crippen LogP contribution in [0.5, 0.6) is 0 Å². The van der Waals surface area contributed by atoms with Crippen molar-refractivity contribution in [1.29, 1.82) is 0 Å². The van der Waals surface area contributed by atoms with Crippen molar-refractivity contribution >= 4 is 35.4 Å². The van der Waals surface area contributed by atoms with Crippen molar-refractivity contribution in [3.8, 4) is 11.1 Å². The molecule has 0 unspecified atom stereocenters. The van der Waals surface area contributed by atoms with Gasteiger partial charge in [0.05, 0.1) is 10.3 Å². The highest BCUT2D eigenvalue weighted by molar-refractivity contribution is 8.00. The van der Waals surface area contributed by atoms with E-state index in [1.807, 2.05) is 78.9 Å². The minimum Gasteiger partial charge on any atom is -0.478 e. The fraction of sp³-hybridized carbons (Fsp3) is 0.133. The summed E-state index contributed by atoms with van der Waals surface area (Å²) in [6, 6.07) is 53.4. The Morgan fingerprint density at radius 1 is 0.642 bits per heavy atom. The molecule has 53 heavy (non-hydrogen) atoms. The molecular weight excluding hydrogens is 681 g/mol. The van der Waals surface area contributed by atoms with Gasteiger partial charge < -0.3 is 20.1 Å². The maximum atomic E-state index is 14.0. The van der Waals surface area contributed by atoms with Crippen LogP contribution in [0.4, 0.5) is 10.5 Å². The van der Waals surface area contributed by atoms with E-state index >= 15 is 0 Å². The van der Waals surface area contributed by atoms with Crippen LogP contribution < -0.4 is 10.2 Å². The van der Waals surface area contributed by atoms with Crippen molar-refractivity contribution in [3.63, 3.8) is 0 Å². The second kappa shape index (κ2) is 16.0. The van der Waals surface area contributed by atoms with Gasteiger partial charge in [-0.05, 0) is 63.2 Å². The van der Waals surface area contributed by atoms with Crippen LogP contribution >= 0.6 is 11.8 Å². The first kappa shape index (κ1) is 35.3. The number of carbonyl (C=O) groups excluding carboxylic acids is 2. The number of carboxylic acids is 1. The lowest BCUT2D eigenvalue weighted by molar-refractivity contribution is -0.117. The van der Waals surface area contributed by atoms with E-state index in [-0.39, 0.29) is 37.1 Å². The molecule has 1 aliphatic rings. The number of benzene rings is 6. The molecule has 6 aromatic rings. The first-order valence-electron chi connectivity index (χ1n) is 17.5. The number of aromatic carboxylic acids is 1. The van der Waals surface area contributed by atoms with Crippen LogP contribution in [0.1, 0.15) is 44.1 Å². The van der Waals surface area contributed by atoms with Crippen LogP contribution in [-0.4, -0.2) is 48.5 Å². The van der Waals surface area contributed by atoms with Crippen molar-refractivity contribution in [2.75, 3.05) is 30.3 Å². The van der Waals surface area contributed by atoms with Crippen LogP contribution in [-0.2, 0) is 14.3 Å². The molecule has 8 heteroatoms. The Bertz CT molecular complexity index is 2050. The second-order valence-electron chi connectivity index (χ2n) is 12.7. The fourth-order valence-electron chi connectivity index (χ4n) is 7.13. The van der Waals surface area contributed by atoms with Gasteiger partial charge in [0.1, 0.15) is 13.2 Å². The Labute approximate surface area is 313 Å². The number of fused-ring (bicyclic) bond motifs is 3. The Balaban J connectivity index is 1.09. The monoisotopic (exact) mass is 718 g/mol. The van der Waals surface area contributed by atoms with Crippen LogP contribution in [0.25, 0.3) is 11.1 Å². The molecule has 7 rings (SSSR count). The Kier molecular flexibility index (Phi) is 10.7. The van der Waals surface area contributed by atoms with Gasteiger partial charge in [0.2, 0.25) is 5.91 Å². The maximum absolute atomic E-state index is 14.0. The average molecular weight is 719 g/mol. The lowest BCUT2D eigenvalue weighted by Crippen LogP contribution is -2.42. The number of alkyl carbamates (subject to hydrolysis) is 1. The molecule has 0 atom stereocenters. The van der Waals surface area contributed by atoms with Crippen LogP contribution in [0, 0.1) is 0 Å². The Morgan fingerprint density at radius 3 is 1.60 bits per heavy atom. The van der Waals surface area contributed by atoms with E-state index in [9.17, 15) is 19.5 Å². The molecule has 1 aliphatic carbocycles. The van der Waals surface area contributed by atoms with Gasteiger partial charge in [-0.25, -0.2) is 9.59 Å². The van der Waals surface area contributed by atoms with E-state index in [0.717, 1.165) is 38.9 Å². The molecule has 0 aromatic heterocycles. The number of hydrogen-bond donors (Lipinski definition) is 2. The summed E-state index contributed by atoms with van der Waals surface area (Å²) >= 11 is 1.71. The SMILES string of the molecule is O=C(NCC(=O)N(CCSC(c1ccccc1)(c1ccccc1)c1ccccc1)c1ccc(C(=O)O)cc1)OCC1c2ccccc2-c2ccccc21. The van der Waals surface area contributed by atoms with Crippen molar-refractivity contribution in [3.05, 3.63) is 197 Å². The normalized spacial score (nSPS) is 12.0. The van der Waals surface area contributed by atoms with E-state index in [4.69, 9.17) is 4.74 Å². The largest absolute Gasteiger partial charge is 0.478 e. The number of amides is 2. The molecule has 0 bridgehead atoms. The van der Waals surface area contributed by atoms with Crippen molar-refractivity contribution < 1.29 is 24.2 Å². The number of anilines is 1. The fourth-order valence-corrected chi connectivity index (χ4v) is 8.62. The molecule has 0 heterocycles. The highest BCUT2D eigenvalue weighted by Crippen LogP contribution is 2.48. The molecule has 264 valence electrons. The number of hydrogen-bond acceptors (Lipinski definition) is 5. The van der Waals surface area contributed by atoms with Gasteiger partial charge in [0.15, 0.2) is 0 Å². The third-order valence-electron chi connectivity index (χ3n) is 9.63. The average Bonchev–Trinajstić information content (AvgIpc) is 3.54. The lowest BCUT2D eigenvalue weighted by atomic mass is 9.84. The second-order valence-corrected chi connectivity index (χ2v) is 14.0. The summed E-state index contributed by atoms with van der Waals surface area (Å²) in [4.78, 5) is 40.2. The predicted molar refractivity (Wildman–Crippen MR) is 210 cm³/mol. The zero-order valence-corrected chi connectivity index (χ0v) is 29.7. The number of rotatable bonds is 13. The Morgan fingerprint density at radius 2 is 1.11 bits per heavy atom. The third kappa shape index (κ3) is 7.45. The summed E-state index contributed by atoms with van der Waals surface area (Å²) in [6.07, 6.45) is -0.688. The van der Waals surface area contributed by atoms with E-state index in [2.05, 4.69) is 66.0 Å². The highest BCUT2D eigenvalue weighted by Gasteiger charge is 2.37. The molecule has 0 fully saturated rings. The number of nitrogens with zero attached hydrogens (tertiary/aromatic N) is 1. The van der Waals surface area contributed by atoms with E-state index in [1.54, 1.807) is 28.8 Å². The van der Waals surface area contributed by atoms with Crippen LogP contribution in [0.3, 0.4) is 0 Å². The number of carbonyl (C=O) groups is 3. The van der Waals surface area contributed by atoms with E-state index < -0.39 is 16.8 Å². The summed E-state index contributed by atoms with van der Waals surface area (Å²) in [7, 11) is 0. The van der Waals surface area contributed by atoms with Crippen molar-refractivity contribution in [1.82, 2.24) is 5.32 Å². The standard InChI is InChI=1S/C45H38N2O5S/c48-42(30-46-44(51)52-31-41-39-22-12-10-20-37(39)38-21-11-13-23-40(38)41)47(36-26-24-32(25-27-36)43(49)50)28-29-53-45(33-14-4-1-5-15-33,34-16-6-2-7-17-34)35-18-8-3-9-19-35/h1-27,41H,28-31H2,(H,46,51)(H,49,50). The first-order chi connectivity index (χ1) is 26.0. The van der Waals surface area contributed by atoms with E-state index in [1.165, 1.54) is 12.1 Å². The van der Waals surface area contributed by atoms with Gasteiger partial charge in [0.25, 0.3) is 0 Å². The molecule has 2 N–H and O–H groups in total. The topological polar surface area (TPSA) is 95.9 Å². The van der Waals surface area contributed by atoms with Gasteiger partial charge in [-0.2, -0.15) is 0 Å². The van der Waals surface area contributed by atoms with Gasteiger partial charge in [-0.15, -0.1) is 11.8 Å². The lowest BCUT2D eigenvalue weighted by Gasteiger charge is -2.36. The molecule has 6 aromatic carbocycles. The minimum absolute atomic E-state index is 0.107. The highest BCUT2D eigenvalue weighted by atomic mass is 32.2. The van der Waals surface area contributed by atoms with E-state index in [0.29, 0.717) is 11.4 Å². The van der Waals surface area contributed by atoms with Crippen LogP contribution in [0.2, 0.25) is 0 Å². The van der Waals surface area contributed by atoms with Gasteiger partial charge in [-0.1, -0.05) is 140 Å². The number of ether oxygens (including phenoxy) is 1. The van der Waals surface area contributed by atoms with Crippen molar-refractivity contribution in [2.24, 2.45) is 0 Å². The zero-order chi connectivity index (χ0) is 36.6. The van der Waals surface area contributed by atoms with Gasteiger partial charge in [0, 0.05) is 23.9 Å². The van der Waals surface area contributed by atoms with Crippen molar-refractivity contribution in [2.45, 2.75) is 10.7 Å². The molecule has 7 nitrogen and oxygen atoms in total. The summed E-state index contributed by atoms with van der Waals surface area (Å²) < 4.78 is 5.11. The summed E-state index contributed by atoms with van der Waals surface area (Å²) in [5, 5.41) is 12.2. The summed E-state index contributed by atoms with van der Waals surface area (Å²) in [6.45, 7) is 0.116. The summed E-state index contributed by atoms with van der Waals surface area (Å²) in [5.41, 5.74) is 8.40. The summed E-state index contributed by atoms with van der Waals surface area (Å²) in [5.74, 6) is -1.01. The minimum atomic E-state index is -1.06. The first-order valence-corrected chi connectivity index (χ1v) is 18.5. The number of carboxylic acid groups (broad SMARTS) is 1. The van der Waals surface area contributed by atoms with Gasteiger partial charge in [-0.3, -0.25) is 4.79 Å². The number of thioether (sulfide) groups is 1. The molecule has 0 saturated carbocycles. The molecule has 2 amide bonds. The predicted octanol–water partition coefficient (Wildman–Crippen LogP) is 8.98. The zero-order valence-electron chi connectivity index (χ0n) is 28.9. The smallest absolute Gasteiger partial charge is 0.407 e. The molecule has 0 spiro atoms. The Hall–Kier alpha value is -6.12. The molecule has 0 radical (unpaired) electrons. The number of nitrogens with one attached hydrogen (secondary N) is 1. The maximum Gasteiger partial charge on any atom is 0.407 e. The molecule has 0 aliphatic heterocycles. The third-order valence-corrected chi connectivity index (χ3v) is 11.2. The molecule has 0 saturated heterocycles. The quantitative estimate of drug-likeness (QED) is 0.116.